The van der Waals surface area contributed by atoms with E-state index < -0.39 is 52.3 Å². The summed E-state index contributed by atoms with van der Waals surface area (Å²) >= 11 is 0. The summed E-state index contributed by atoms with van der Waals surface area (Å²) < 4.78 is 86.8. The lowest BCUT2D eigenvalue weighted by molar-refractivity contribution is -0.137. The molecule has 44 heavy (non-hydrogen) atoms. The number of ether oxygens (including phenoxy) is 2. The number of nitrogens with one attached hydrogen (secondary N) is 1. The van der Waals surface area contributed by atoms with Crippen molar-refractivity contribution in [3.8, 4) is 23.1 Å². The minimum Gasteiger partial charge on any atom is -0.472 e. The normalized spacial score (nSPS) is 26.8. The fraction of sp³-hybridized carbons (Fsp3) is 0.586. The summed E-state index contributed by atoms with van der Waals surface area (Å²) in [5.74, 6) is -1.03. The van der Waals surface area contributed by atoms with Crippen LogP contribution in [0.5, 0.6) is 11.9 Å². The summed E-state index contributed by atoms with van der Waals surface area (Å²) in [6.07, 6.45) is -4.39. The summed E-state index contributed by atoms with van der Waals surface area (Å²) in [6, 6.07) is -0.393. The molecule has 0 spiro atoms. The second-order valence-corrected chi connectivity index (χ2v) is 12.2. The SMILES string of the molecule is Cc1nc(N)c(C)c(-c2nc3c4c(nc(OC[C@@]56CCCN5C[C@H](F)C6)nc4c2F)N2CCNC[C@H]2[C@H](C)O3)c1C(F)(F)F. The summed E-state index contributed by atoms with van der Waals surface area (Å²) in [5, 5.41) is 3.46. The summed E-state index contributed by atoms with van der Waals surface area (Å²) in [5.41, 5.74) is 2.44. The van der Waals surface area contributed by atoms with Crippen LogP contribution < -0.4 is 25.4 Å². The zero-order valence-electron chi connectivity index (χ0n) is 24.6. The van der Waals surface area contributed by atoms with Gasteiger partial charge in [0.1, 0.15) is 47.1 Å². The topological polar surface area (TPSA) is 115 Å². The lowest BCUT2D eigenvalue weighted by Gasteiger charge is -2.38. The highest BCUT2D eigenvalue weighted by Crippen LogP contribution is 2.47. The van der Waals surface area contributed by atoms with Gasteiger partial charge >= 0.3 is 12.2 Å². The van der Waals surface area contributed by atoms with Crippen molar-refractivity contribution in [1.29, 1.82) is 0 Å². The van der Waals surface area contributed by atoms with Crippen LogP contribution in [0.4, 0.5) is 33.6 Å². The van der Waals surface area contributed by atoms with Gasteiger partial charge in [0.2, 0.25) is 5.88 Å². The van der Waals surface area contributed by atoms with Gasteiger partial charge in [0.25, 0.3) is 0 Å². The fourth-order valence-electron chi connectivity index (χ4n) is 7.40. The van der Waals surface area contributed by atoms with Crippen LogP contribution in [0.15, 0.2) is 0 Å². The first kappa shape index (κ1) is 29.1. The Hall–Kier alpha value is -3.59. The van der Waals surface area contributed by atoms with E-state index in [0.29, 0.717) is 38.4 Å². The minimum absolute atomic E-state index is 0.0719. The highest BCUT2D eigenvalue weighted by atomic mass is 19.4. The Bertz CT molecular complexity index is 1650. The van der Waals surface area contributed by atoms with Gasteiger partial charge < -0.3 is 25.4 Å². The molecule has 3 aromatic rings. The number of nitrogen functional groups attached to an aromatic ring is 1. The van der Waals surface area contributed by atoms with Crippen LogP contribution in [-0.2, 0) is 6.18 Å². The first-order chi connectivity index (χ1) is 20.9. The first-order valence-corrected chi connectivity index (χ1v) is 14.8. The molecule has 7 heterocycles. The first-order valence-electron chi connectivity index (χ1n) is 14.8. The number of rotatable bonds is 4. The molecule has 0 bridgehead atoms. The van der Waals surface area contributed by atoms with Crippen molar-refractivity contribution in [3.63, 3.8) is 0 Å². The average molecular weight is 621 g/mol. The molecule has 3 fully saturated rings. The number of aryl methyl sites for hydroxylation is 1. The van der Waals surface area contributed by atoms with E-state index in [2.05, 4.69) is 25.2 Å². The molecule has 0 aliphatic carbocycles. The Balaban J connectivity index is 1.44. The van der Waals surface area contributed by atoms with Crippen molar-refractivity contribution in [2.24, 2.45) is 0 Å². The summed E-state index contributed by atoms with van der Waals surface area (Å²) in [7, 11) is 0. The molecule has 3 saturated heterocycles. The largest absolute Gasteiger partial charge is 0.472 e. The molecule has 4 atom stereocenters. The van der Waals surface area contributed by atoms with Gasteiger partial charge in [0.15, 0.2) is 5.82 Å². The number of aromatic nitrogens is 4. The molecule has 3 aromatic heterocycles. The van der Waals surface area contributed by atoms with E-state index in [1.54, 1.807) is 0 Å². The van der Waals surface area contributed by atoms with E-state index in [1.165, 1.54) is 13.8 Å². The van der Waals surface area contributed by atoms with E-state index >= 15 is 4.39 Å². The average Bonchev–Trinajstić information content (AvgIpc) is 3.46. The van der Waals surface area contributed by atoms with Crippen LogP contribution >= 0.6 is 0 Å². The van der Waals surface area contributed by atoms with Crippen molar-refractivity contribution in [3.05, 3.63) is 22.6 Å². The summed E-state index contributed by atoms with van der Waals surface area (Å²) in [6.45, 7) is 7.17. The van der Waals surface area contributed by atoms with Gasteiger partial charge in [-0.1, -0.05) is 0 Å². The number of nitrogens with two attached hydrogens (primary N) is 1. The third kappa shape index (κ3) is 4.49. The predicted octanol–water partition coefficient (Wildman–Crippen LogP) is 3.96. The van der Waals surface area contributed by atoms with Crippen molar-refractivity contribution >= 4 is 22.5 Å². The maximum atomic E-state index is 16.7. The molecule has 15 heteroatoms. The zero-order valence-corrected chi connectivity index (χ0v) is 24.6. The number of pyridine rings is 2. The van der Waals surface area contributed by atoms with Crippen LogP contribution in [0.3, 0.4) is 0 Å². The fourth-order valence-corrected chi connectivity index (χ4v) is 7.40. The molecule has 0 saturated carbocycles. The van der Waals surface area contributed by atoms with Crippen molar-refractivity contribution in [2.75, 3.05) is 50.0 Å². The quantitative estimate of drug-likeness (QED) is 0.416. The van der Waals surface area contributed by atoms with Crippen LogP contribution in [-0.4, -0.2) is 88.0 Å². The van der Waals surface area contributed by atoms with Crippen LogP contribution in [0.2, 0.25) is 0 Å². The molecule has 10 nitrogen and oxygen atoms in total. The van der Waals surface area contributed by atoms with E-state index in [1.807, 2.05) is 11.8 Å². The second kappa shape index (κ2) is 10.2. The van der Waals surface area contributed by atoms with Crippen LogP contribution in [0.1, 0.15) is 43.0 Å². The third-order valence-electron chi connectivity index (χ3n) is 9.52. The van der Waals surface area contributed by atoms with Crippen LogP contribution in [0, 0.1) is 19.7 Å². The zero-order chi connectivity index (χ0) is 31.1. The lowest BCUT2D eigenvalue weighted by atomic mass is 9.95. The maximum absolute atomic E-state index is 16.7. The predicted molar refractivity (Wildman–Crippen MR) is 152 cm³/mol. The standard InChI is InChI=1S/C29H33F5N8O2/c1-13-18(20(29(32,33)34)14(2)37-24(13)35)22-21(31)23-19-25(42-8-6-36-10-17(42)15(3)44-26(19)38-22)40-27(39-23)43-12-28-5-4-7-41(28)11-16(30)9-28/h15-17,36H,4-12H2,1-3H3,(H2,35,37)/t15-,16+,17-,28-/m0/s1. The molecular formula is C29H33F5N8O2. The Labute approximate surface area is 250 Å². The van der Waals surface area contributed by atoms with Gasteiger partial charge in [0.05, 0.1) is 22.8 Å². The number of anilines is 2. The van der Waals surface area contributed by atoms with Crippen molar-refractivity contribution in [2.45, 2.75) is 70.1 Å². The van der Waals surface area contributed by atoms with Gasteiger partial charge in [0, 0.05) is 43.7 Å². The van der Waals surface area contributed by atoms with E-state index in [-0.39, 0.29) is 46.8 Å². The lowest BCUT2D eigenvalue weighted by Crippen LogP contribution is -2.56. The molecule has 236 valence electrons. The smallest absolute Gasteiger partial charge is 0.418 e. The number of fused-ring (bicyclic) bond motifs is 3. The van der Waals surface area contributed by atoms with Crippen LogP contribution in [0.25, 0.3) is 22.2 Å². The Morgan fingerprint density at radius 1 is 1.16 bits per heavy atom. The number of hydrogen-bond acceptors (Lipinski definition) is 10. The molecule has 0 amide bonds. The Kier molecular flexibility index (Phi) is 6.77. The van der Waals surface area contributed by atoms with E-state index in [9.17, 15) is 17.6 Å². The molecule has 7 rings (SSSR count). The number of nitrogens with zero attached hydrogens (tertiary/aromatic N) is 6. The van der Waals surface area contributed by atoms with E-state index in [0.717, 1.165) is 19.4 Å². The molecular weight excluding hydrogens is 587 g/mol. The van der Waals surface area contributed by atoms with Gasteiger partial charge in [-0.3, -0.25) is 4.90 Å². The molecule has 4 aliphatic rings. The molecule has 0 unspecified atom stereocenters. The van der Waals surface area contributed by atoms with Gasteiger partial charge in [-0.2, -0.15) is 23.1 Å². The Morgan fingerprint density at radius 3 is 2.73 bits per heavy atom. The number of piperazine rings is 1. The van der Waals surface area contributed by atoms with Gasteiger partial charge in [-0.25, -0.2) is 18.7 Å². The number of halogens is 5. The van der Waals surface area contributed by atoms with Gasteiger partial charge in [-0.05, 0) is 40.2 Å². The Morgan fingerprint density at radius 2 is 1.95 bits per heavy atom. The number of alkyl halides is 4. The molecule has 0 aromatic carbocycles. The highest BCUT2D eigenvalue weighted by Gasteiger charge is 2.49. The van der Waals surface area contributed by atoms with Gasteiger partial charge in [-0.15, -0.1) is 0 Å². The molecule has 3 N–H and O–H groups in total. The monoisotopic (exact) mass is 620 g/mol. The van der Waals surface area contributed by atoms with Crippen molar-refractivity contribution in [1.82, 2.24) is 30.2 Å². The second-order valence-electron chi connectivity index (χ2n) is 12.2. The number of hydrogen-bond donors (Lipinski definition) is 2. The third-order valence-corrected chi connectivity index (χ3v) is 9.52. The molecule has 4 aliphatic heterocycles. The highest BCUT2D eigenvalue weighted by molar-refractivity contribution is 5.97. The molecule has 0 radical (unpaired) electrons. The minimum atomic E-state index is -4.88. The van der Waals surface area contributed by atoms with Crippen molar-refractivity contribution < 1.29 is 31.4 Å². The van der Waals surface area contributed by atoms with E-state index in [4.69, 9.17) is 20.2 Å². The maximum Gasteiger partial charge on any atom is 0.418 e. The summed E-state index contributed by atoms with van der Waals surface area (Å²) in [4.78, 5) is 21.4.